The monoisotopic (exact) mass is 279 g/mol. The van der Waals surface area contributed by atoms with Crippen LogP contribution < -0.4 is 5.43 Å². The van der Waals surface area contributed by atoms with Gasteiger partial charge >= 0.3 is 0 Å². The smallest absolute Gasteiger partial charge is 0.145 e. The third kappa shape index (κ3) is 2.11. The molecule has 0 aliphatic heterocycles. The van der Waals surface area contributed by atoms with E-state index in [4.69, 9.17) is 0 Å². The molecule has 0 atom stereocenters. The summed E-state index contributed by atoms with van der Waals surface area (Å²) in [5, 5.41) is 0. The molecule has 0 fully saturated rings. The Bertz CT molecular complexity index is 497. The number of anilines is 1. The summed E-state index contributed by atoms with van der Waals surface area (Å²) in [6.45, 7) is 6.17. The maximum absolute atomic E-state index is 4.32. The molecule has 0 aromatic carbocycles. The van der Waals surface area contributed by atoms with E-state index < -0.39 is 0 Å². The van der Waals surface area contributed by atoms with E-state index in [9.17, 15) is 0 Å². The van der Waals surface area contributed by atoms with Crippen LogP contribution in [0.2, 0.25) is 0 Å². The van der Waals surface area contributed by atoms with Crippen molar-refractivity contribution in [3.8, 4) is 0 Å². The zero-order valence-corrected chi connectivity index (χ0v) is 11.2. The fraction of sp³-hybridized carbons (Fsp3) is 0.250. The SMILES string of the molecule is Cc1cc(Nn2c(C)ccc2C)ncc1Br. The molecule has 2 rings (SSSR count). The van der Waals surface area contributed by atoms with E-state index in [0.717, 1.165) is 10.3 Å². The Hall–Kier alpha value is -1.29. The molecule has 16 heavy (non-hydrogen) atoms. The number of hydrogen-bond acceptors (Lipinski definition) is 2. The van der Waals surface area contributed by atoms with Crippen molar-refractivity contribution < 1.29 is 0 Å². The lowest BCUT2D eigenvalue weighted by atomic mass is 10.3. The van der Waals surface area contributed by atoms with Gasteiger partial charge in [0.05, 0.1) is 0 Å². The van der Waals surface area contributed by atoms with Crippen LogP contribution in [0.1, 0.15) is 17.0 Å². The second-order valence-corrected chi connectivity index (χ2v) is 4.74. The minimum absolute atomic E-state index is 0.850. The standard InChI is InChI=1S/C12H14BrN3/c1-8-6-12(14-7-11(8)13)15-16-9(2)4-5-10(16)3/h4-7H,1-3H3,(H,14,15). The van der Waals surface area contributed by atoms with Gasteiger partial charge in [-0.2, -0.15) is 0 Å². The van der Waals surface area contributed by atoms with Crippen LogP contribution in [-0.2, 0) is 0 Å². The Morgan fingerprint density at radius 3 is 2.38 bits per heavy atom. The highest BCUT2D eigenvalue weighted by molar-refractivity contribution is 9.10. The number of hydrogen-bond donors (Lipinski definition) is 1. The molecule has 0 amide bonds. The number of pyridine rings is 1. The van der Waals surface area contributed by atoms with Crippen LogP contribution in [0, 0.1) is 20.8 Å². The van der Waals surface area contributed by atoms with Crippen molar-refractivity contribution in [1.82, 2.24) is 9.66 Å². The summed E-state index contributed by atoms with van der Waals surface area (Å²) in [4.78, 5) is 4.32. The number of nitrogens with zero attached hydrogens (tertiary/aromatic N) is 2. The maximum atomic E-state index is 4.32. The van der Waals surface area contributed by atoms with Gasteiger partial charge in [0.1, 0.15) is 5.82 Å². The summed E-state index contributed by atoms with van der Waals surface area (Å²) in [7, 11) is 0. The van der Waals surface area contributed by atoms with Crippen molar-refractivity contribution >= 4 is 21.7 Å². The predicted molar refractivity (Wildman–Crippen MR) is 69.6 cm³/mol. The van der Waals surface area contributed by atoms with Gasteiger partial charge in [-0.15, -0.1) is 0 Å². The molecule has 0 bridgehead atoms. The van der Waals surface area contributed by atoms with Gasteiger partial charge < -0.3 is 0 Å². The highest BCUT2D eigenvalue weighted by Gasteiger charge is 2.03. The highest BCUT2D eigenvalue weighted by Crippen LogP contribution is 2.18. The second-order valence-electron chi connectivity index (χ2n) is 3.88. The molecule has 2 aromatic heterocycles. The number of halogens is 1. The molecule has 0 aliphatic rings. The molecular formula is C12H14BrN3. The summed E-state index contributed by atoms with van der Waals surface area (Å²) in [5.41, 5.74) is 6.77. The van der Waals surface area contributed by atoms with E-state index in [1.807, 2.05) is 23.9 Å². The third-order valence-electron chi connectivity index (χ3n) is 2.54. The minimum Gasteiger partial charge on any atom is -0.278 e. The van der Waals surface area contributed by atoms with E-state index in [0.29, 0.717) is 0 Å². The molecular weight excluding hydrogens is 266 g/mol. The van der Waals surface area contributed by atoms with Gasteiger partial charge in [0.15, 0.2) is 0 Å². The van der Waals surface area contributed by atoms with Crippen LogP contribution in [-0.4, -0.2) is 9.66 Å². The second kappa shape index (κ2) is 4.29. The molecule has 0 aliphatic carbocycles. The molecule has 0 unspecified atom stereocenters. The largest absolute Gasteiger partial charge is 0.278 e. The van der Waals surface area contributed by atoms with Crippen LogP contribution in [0.4, 0.5) is 5.82 Å². The molecule has 0 saturated carbocycles. The fourth-order valence-electron chi connectivity index (χ4n) is 1.56. The van der Waals surface area contributed by atoms with Crippen molar-refractivity contribution in [2.45, 2.75) is 20.8 Å². The topological polar surface area (TPSA) is 29.9 Å². The van der Waals surface area contributed by atoms with Crippen LogP contribution in [0.15, 0.2) is 28.9 Å². The first-order valence-electron chi connectivity index (χ1n) is 5.12. The molecule has 2 heterocycles. The van der Waals surface area contributed by atoms with Gasteiger partial charge in [-0.25, -0.2) is 4.98 Å². The lowest BCUT2D eigenvalue weighted by molar-refractivity contribution is 0.870. The van der Waals surface area contributed by atoms with Gasteiger partial charge in [-0.3, -0.25) is 10.1 Å². The molecule has 0 spiro atoms. The highest BCUT2D eigenvalue weighted by atomic mass is 79.9. The molecule has 84 valence electrons. The minimum atomic E-state index is 0.850. The summed E-state index contributed by atoms with van der Waals surface area (Å²) in [6, 6.07) is 6.17. The molecule has 1 N–H and O–H groups in total. The zero-order chi connectivity index (χ0) is 11.7. The van der Waals surface area contributed by atoms with Crippen molar-refractivity contribution in [2.24, 2.45) is 0 Å². The zero-order valence-electron chi connectivity index (χ0n) is 9.58. The van der Waals surface area contributed by atoms with Crippen molar-refractivity contribution in [3.63, 3.8) is 0 Å². The van der Waals surface area contributed by atoms with Gasteiger partial charge in [0.25, 0.3) is 0 Å². The van der Waals surface area contributed by atoms with Crippen LogP contribution in [0.5, 0.6) is 0 Å². The molecule has 3 nitrogen and oxygen atoms in total. The molecule has 2 aromatic rings. The first-order valence-corrected chi connectivity index (χ1v) is 5.91. The van der Waals surface area contributed by atoms with Gasteiger partial charge in [-0.1, -0.05) is 0 Å². The van der Waals surface area contributed by atoms with Gasteiger partial charge in [0, 0.05) is 22.1 Å². The lowest BCUT2D eigenvalue weighted by Crippen LogP contribution is -2.13. The van der Waals surface area contributed by atoms with Crippen LogP contribution >= 0.6 is 15.9 Å². The summed E-state index contributed by atoms with van der Waals surface area (Å²) >= 11 is 3.44. The van der Waals surface area contributed by atoms with Crippen molar-refractivity contribution in [3.05, 3.63) is 45.8 Å². The average molecular weight is 280 g/mol. The van der Waals surface area contributed by atoms with E-state index >= 15 is 0 Å². The summed E-state index contributed by atoms with van der Waals surface area (Å²) in [6.07, 6.45) is 1.81. The normalized spacial score (nSPS) is 10.5. The Labute approximate surface area is 104 Å². The quantitative estimate of drug-likeness (QED) is 0.913. The lowest BCUT2D eigenvalue weighted by Gasteiger charge is -2.12. The Balaban J connectivity index is 2.31. The third-order valence-corrected chi connectivity index (χ3v) is 3.37. The molecule has 0 saturated heterocycles. The van der Waals surface area contributed by atoms with Crippen LogP contribution in [0.25, 0.3) is 0 Å². The average Bonchev–Trinajstić information content (AvgIpc) is 2.55. The fourth-order valence-corrected chi connectivity index (χ4v) is 1.78. The number of nitrogens with one attached hydrogen (secondary N) is 1. The van der Waals surface area contributed by atoms with E-state index in [1.54, 1.807) is 0 Å². The first kappa shape index (κ1) is 11.2. The number of aryl methyl sites for hydroxylation is 3. The Kier molecular flexibility index (Phi) is 3.01. The van der Waals surface area contributed by atoms with Crippen molar-refractivity contribution in [2.75, 3.05) is 5.43 Å². The van der Waals surface area contributed by atoms with Gasteiger partial charge in [0.2, 0.25) is 0 Å². The molecule has 4 heteroatoms. The van der Waals surface area contributed by atoms with E-state index in [-0.39, 0.29) is 0 Å². The molecule has 0 radical (unpaired) electrons. The first-order chi connectivity index (χ1) is 7.58. The van der Waals surface area contributed by atoms with E-state index in [2.05, 4.69) is 52.3 Å². The number of rotatable bonds is 2. The predicted octanol–water partition coefficient (Wildman–Crippen LogP) is 3.45. The van der Waals surface area contributed by atoms with E-state index in [1.165, 1.54) is 17.0 Å². The Morgan fingerprint density at radius 2 is 1.81 bits per heavy atom. The van der Waals surface area contributed by atoms with Crippen LogP contribution in [0.3, 0.4) is 0 Å². The Morgan fingerprint density at radius 1 is 1.19 bits per heavy atom. The van der Waals surface area contributed by atoms with Gasteiger partial charge in [-0.05, 0) is 60.5 Å². The van der Waals surface area contributed by atoms with Crippen molar-refractivity contribution in [1.29, 1.82) is 0 Å². The summed E-state index contributed by atoms with van der Waals surface area (Å²) < 4.78 is 3.05. The maximum Gasteiger partial charge on any atom is 0.145 e. The number of aromatic nitrogens is 2. The summed E-state index contributed by atoms with van der Waals surface area (Å²) in [5.74, 6) is 0.850.